The molecular formula is C27H35F2NO. The fourth-order valence-electron chi connectivity index (χ4n) is 5.07. The monoisotopic (exact) mass is 427 g/mol. The zero-order chi connectivity index (χ0) is 21.8. The van der Waals surface area contributed by atoms with Crippen molar-refractivity contribution in [1.82, 2.24) is 0 Å². The van der Waals surface area contributed by atoms with Crippen molar-refractivity contribution in [1.29, 1.82) is 0 Å². The maximum Gasteiger partial charge on any atom is 0.242 e. The van der Waals surface area contributed by atoms with E-state index in [1.54, 1.807) is 0 Å². The summed E-state index contributed by atoms with van der Waals surface area (Å²) in [5.41, 5.74) is 9.77. The Bertz CT molecular complexity index is 837. The van der Waals surface area contributed by atoms with Gasteiger partial charge in [-0.15, -0.1) is 0 Å². The lowest BCUT2D eigenvalue weighted by Gasteiger charge is -2.34. The molecule has 0 spiro atoms. The third kappa shape index (κ3) is 5.46. The van der Waals surface area contributed by atoms with E-state index in [2.05, 4.69) is 31.2 Å². The van der Waals surface area contributed by atoms with Crippen molar-refractivity contribution >= 4 is 0 Å². The van der Waals surface area contributed by atoms with Gasteiger partial charge >= 0.3 is 0 Å². The van der Waals surface area contributed by atoms with Crippen molar-refractivity contribution in [2.75, 3.05) is 0 Å². The predicted molar refractivity (Wildman–Crippen MR) is 122 cm³/mol. The van der Waals surface area contributed by atoms with Crippen LogP contribution in [-0.2, 0) is 6.42 Å². The molecule has 168 valence electrons. The van der Waals surface area contributed by atoms with Crippen LogP contribution >= 0.6 is 0 Å². The first kappa shape index (κ1) is 22.3. The maximum atomic E-state index is 12.9. The first-order valence-corrected chi connectivity index (χ1v) is 11.9. The number of hydrogen-bond donors (Lipinski definition) is 1. The Labute approximate surface area is 185 Å². The smallest absolute Gasteiger partial charge is 0.242 e. The van der Waals surface area contributed by atoms with Gasteiger partial charge in [-0.1, -0.05) is 56.2 Å². The molecule has 0 saturated heterocycles. The molecule has 0 radical (unpaired) electrons. The molecule has 5 atom stereocenters. The first-order valence-electron chi connectivity index (χ1n) is 11.9. The van der Waals surface area contributed by atoms with Crippen LogP contribution in [0.3, 0.4) is 0 Å². The van der Waals surface area contributed by atoms with E-state index in [-0.39, 0.29) is 12.0 Å². The molecule has 0 heterocycles. The maximum absolute atomic E-state index is 12.9. The fraction of sp³-hybridized carbons (Fsp3) is 0.556. The van der Waals surface area contributed by atoms with E-state index < -0.39 is 12.3 Å². The normalized spacial score (nSPS) is 25.8. The van der Waals surface area contributed by atoms with E-state index >= 15 is 0 Å². The van der Waals surface area contributed by atoms with Crippen LogP contribution in [0.25, 0.3) is 0 Å². The molecule has 2 aliphatic rings. The molecule has 0 aromatic heterocycles. The van der Waals surface area contributed by atoms with Gasteiger partial charge in [-0.2, -0.15) is 0 Å². The van der Waals surface area contributed by atoms with E-state index in [4.69, 9.17) is 10.5 Å². The SMILES string of the molecule is CCC(N)CCCCC1CCc2ccccc2C1Oc1ccc(C2CC2C(F)F)cc1. The van der Waals surface area contributed by atoms with Gasteiger partial charge in [0.25, 0.3) is 0 Å². The largest absolute Gasteiger partial charge is 0.485 e. The van der Waals surface area contributed by atoms with Crippen molar-refractivity contribution in [2.45, 2.75) is 82.8 Å². The van der Waals surface area contributed by atoms with Crippen molar-refractivity contribution in [3.05, 3.63) is 65.2 Å². The molecule has 1 fully saturated rings. The third-order valence-corrected chi connectivity index (χ3v) is 7.23. The summed E-state index contributed by atoms with van der Waals surface area (Å²) < 4.78 is 32.3. The molecule has 5 unspecified atom stereocenters. The average Bonchev–Trinajstić information content (AvgIpc) is 3.59. The van der Waals surface area contributed by atoms with Gasteiger partial charge in [0, 0.05) is 17.9 Å². The Morgan fingerprint density at radius 2 is 1.84 bits per heavy atom. The molecule has 4 rings (SSSR count). The van der Waals surface area contributed by atoms with Crippen LogP contribution in [0.5, 0.6) is 5.75 Å². The minimum atomic E-state index is -2.22. The van der Waals surface area contributed by atoms with Crippen LogP contribution in [0.4, 0.5) is 8.78 Å². The quantitative estimate of drug-likeness (QED) is 0.413. The van der Waals surface area contributed by atoms with Crippen LogP contribution in [0, 0.1) is 11.8 Å². The van der Waals surface area contributed by atoms with E-state index in [1.165, 1.54) is 24.0 Å². The molecule has 2 aromatic rings. The highest BCUT2D eigenvalue weighted by Gasteiger charge is 2.44. The Balaban J connectivity index is 1.42. The zero-order valence-corrected chi connectivity index (χ0v) is 18.5. The van der Waals surface area contributed by atoms with Crippen molar-refractivity contribution < 1.29 is 13.5 Å². The number of halogens is 2. The average molecular weight is 428 g/mol. The Morgan fingerprint density at radius 1 is 1.06 bits per heavy atom. The number of fused-ring (bicyclic) bond motifs is 1. The lowest BCUT2D eigenvalue weighted by atomic mass is 9.79. The molecular weight excluding hydrogens is 392 g/mol. The molecule has 0 amide bonds. The molecule has 31 heavy (non-hydrogen) atoms. The van der Waals surface area contributed by atoms with Gasteiger partial charge in [0.05, 0.1) is 0 Å². The van der Waals surface area contributed by atoms with Crippen LogP contribution in [0.1, 0.15) is 80.6 Å². The third-order valence-electron chi connectivity index (χ3n) is 7.23. The Morgan fingerprint density at radius 3 is 2.55 bits per heavy atom. The van der Waals surface area contributed by atoms with E-state index in [1.807, 2.05) is 24.3 Å². The first-order chi connectivity index (χ1) is 15.1. The van der Waals surface area contributed by atoms with Gasteiger partial charge < -0.3 is 10.5 Å². The molecule has 2 nitrogen and oxygen atoms in total. The summed E-state index contributed by atoms with van der Waals surface area (Å²) in [5.74, 6) is 0.852. The molecule has 0 aliphatic heterocycles. The van der Waals surface area contributed by atoms with Gasteiger partial charge in [0.2, 0.25) is 6.43 Å². The van der Waals surface area contributed by atoms with Gasteiger partial charge in [0.1, 0.15) is 11.9 Å². The van der Waals surface area contributed by atoms with E-state index in [9.17, 15) is 8.78 Å². The van der Waals surface area contributed by atoms with Gasteiger partial charge in [-0.05, 0) is 73.3 Å². The Hall–Kier alpha value is -1.94. The lowest BCUT2D eigenvalue weighted by molar-refractivity contribution is 0.111. The minimum Gasteiger partial charge on any atom is -0.485 e. The molecule has 0 bridgehead atoms. The second kappa shape index (κ2) is 10.1. The second-order valence-electron chi connectivity index (χ2n) is 9.40. The summed E-state index contributed by atoms with van der Waals surface area (Å²) in [6.07, 6.45) is 6.28. The standard InChI is InChI=1S/C27H35F2NO/c1-2-21(30)9-5-3-8-20-12-11-18-7-4-6-10-23(18)26(20)31-22-15-13-19(14-16-22)24-17-25(24)27(28)29/h4,6-7,10,13-16,20-21,24-27H,2-3,5,8-9,11-12,17,30H2,1H3. The highest BCUT2D eigenvalue weighted by Crippen LogP contribution is 2.51. The van der Waals surface area contributed by atoms with Crippen LogP contribution in [0.2, 0.25) is 0 Å². The summed E-state index contributed by atoms with van der Waals surface area (Å²) in [5, 5.41) is 0. The summed E-state index contributed by atoms with van der Waals surface area (Å²) in [6.45, 7) is 2.15. The number of aryl methyl sites for hydroxylation is 1. The summed E-state index contributed by atoms with van der Waals surface area (Å²) in [6, 6.07) is 16.8. The molecule has 2 N–H and O–H groups in total. The number of alkyl halides is 2. The van der Waals surface area contributed by atoms with Crippen molar-refractivity contribution in [3.8, 4) is 5.75 Å². The minimum absolute atomic E-state index is 0.00620. The second-order valence-corrected chi connectivity index (χ2v) is 9.40. The van der Waals surface area contributed by atoms with Gasteiger partial charge in [-0.25, -0.2) is 8.78 Å². The van der Waals surface area contributed by atoms with E-state index in [0.717, 1.165) is 43.4 Å². The predicted octanol–water partition coefficient (Wildman–Crippen LogP) is 7.04. The van der Waals surface area contributed by atoms with E-state index in [0.29, 0.717) is 18.4 Å². The van der Waals surface area contributed by atoms with Crippen molar-refractivity contribution in [2.24, 2.45) is 17.6 Å². The molecule has 2 aromatic carbocycles. The number of ether oxygens (including phenoxy) is 1. The highest BCUT2D eigenvalue weighted by atomic mass is 19.3. The number of benzene rings is 2. The molecule has 1 saturated carbocycles. The number of rotatable bonds is 10. The lowest BCUT2D eigenvalue weighted by Crippen LogP contribution is -2.25. The number of hydrogen-bond acceptors (Lipinski definition) is 2. The Kier molecular flexibility index (Phi) is 7.27. The summed E-state index contributed by atoms with van der Waals surface area (Å²) in [4.78, 5) is 0. The molecule has 4 heteroatoms. The summed E-state index contributed by atoms with van der Waals surface area (Å²) in [7, 11) is 0. The summed E-state index contributed by atoms with van der Waals surface area (Å²) >= 11 is 0. The van der Waals surface area contributed by atoms with Crippen LogP contribution in [-0.4, -0.2) is 12.5 Å². The fourth-order valence-corrected chi connectivity index (χ4v) is 5.07. The van der Waals surface area contributed by atoms with Crippen LogP contribution < -0.4 is 10.5 Å². The number of nitrogens with two attached hydrogens (primary N) is 1. The number of unbranched alkanes of at least 4 members (excludes halogenated alkanes) is 1. The molecule has 2 aliphatic carbocycles. The topological polar surface area (TPSA) is 35.2 Å². The zero-order valence-electron chi connectivity index (χ0n) is 18.5. The van der Waals surface area contributed by atoms with Gasteiger partial charge in [-0.3, -0.25) is 0 Å². The van der Waals surface area contributed by atoms with Crippen LogP contribution in [0.15, 0.2) is 48.5 Å². The highest BCUT2D eigenvalue weighted by molar-refractivity contribution is 5.36. The van der Waals surface area contributed by atoms with Gasteiger partial charge in [0.15, 0.2) is 0 Å². The van der Waals surface area contributed by atoms with Crippen molar-refractivity contribution in [3.63, 3.8) is 0 Å².